The number of thiophene rings is 1. The highest BCUT2D eigenvalue weighted by Crippen LogP contribution is 2.37. The molecule has 2 aromatic rings. The third-order valence-corrected chi connectivity index (χ3v) is 7.29. The Kier molecular flexibility index (Phi) is 6.07. The molecule has 0 bridgehead atoms. The molecule has 0 saturated carbocycles. The van der Waals surface area contributed by atoms with Crippen molar-refractivity contribution in [2.45, 2.75) is 39.4 Å². The predicted octanol–water partition coefficient (Wildman–Crippen LogP) is 3.25. The molecule has 1 saturated heterocycles. The Morgan fingerprint density at radius 2 is 2.03 bits per heavy atom. The molecule has 4 heterocycles. The van der Waals surface area contributed by atoms with Gasteiger partial charge in [-0.25, -0.2) is 4.79 Å². The maximum Gasteiger partial charge on any atom is 0.323 e. The van der Waals surface area contributed by atoms with Gasteiger partial charge in [-0.2, -0.15) is 0 Å². The van der Waals surface area contributed by atoms with E-state index in [0.717, 1.165) is 12.0 Å². The van der Waals surface area contributed by atoms with E-state index in [-0.39, 0.29) is 31.1 Å². The number of anilines is 1. The van der Waals surface area contributed by atoms with E-state index in [1.807, 2.05) is 23.6 Å². The molecule has 10 heteroatoms. The van der Waals surface area contributed by atoms with Crippen LogP contribution in [0.2, 0.25) is 0 Å². The van der Waals surface area contributed by atoms with E-state index < -0.39 is 6.17 Å². The summed E-state index contributed by atoms with van der Waals surface area (Å²) in [4.78, 5) is 45.2. The molecule has 0 aliphatic carbocycles. The molecular weight excluding hydrogens is 456 g/mol. The fourth-order valence-corrected chi connectivity index (χ4v) is 5.35. The van der Waals surface area contributed by atoms with Gasteiger partial charge in [-0.15, -0.1) is 11.3 Å². The Bertz CT molecular complexity index is 1120. The Balaban J connectivity index is 1.39. The van der Waals surface area contributed by atoms with Crippen LogP contribution in [0.3, 0.4) is 0 Å². The second-order valence-electron chi connectivity index (χ2n) is 9.10. The fraction of sp³-hybridized carbons (Fsp3) is 0.458. The molecule has 1 unspecified atom stereocenters. The number of nitrogens with one attached hydrogen (secondary N) is 1. The summed E-state index contributed by atoms with van der Waals surface area (Å²) >= 11 is 1.32. The zero-order chi connectivity index (χ0) is 23.8. The molecule has 1 atom stereocenters. The molecule has 1 aromatic carbocycles. The van der Waals surface area contributed by atoms with Crippen LogP contribution in [-0.2, 0) is 11.3 Å². The van der Waals surface area contributed by atoms with Gasteiger partial charge in [0.1, 0.15) is 11.0 Å². The Morgan fingerprint density at radius 3 is 2.85 bits per heavy atom. The van der Waals surface area contributed by atoms with Gasteiger partial charge in [-0.05, 0) is 41.5 Å². The van der Waals surface area contributed by atoms with Gasteiger partial charge in [0.05, 0.1) is 12.2 Å². The summed E-state index contributed by atoms with van der Waals surface area (Å²) in [6.07, 6.45) is 0.574. The lowest BCUT2D eigenvalue weighted by atomic mass is 10.1. The molecule has 3 aliphatic rings. The van der Waals surface area contributed by atoms with Crippen molar-refractivity contribution in [2.24, 2.45) is 5.92 Å². The smallest absolute Gasteiger partial charge is 0.323 e. The molecule has 3 aliphatic heterocycles. The van der Waals surface area contributed by atoms with E-state index >= 15 is 0 Å². The number of hydrogen-bond donors (Lipinski definition) is 1. The first-order chi connectivity index (χ1) is 16.4. The van der Waals surface area contributed by atoms with Gasteiger partial charge in [0.15, 0.2) is 11.5 Å². The average molecular weight is 485 g/mol. The average Bonchev–Trinajstić information content (AvgIpc) is 3.45. The molecule has 0 spiro atoms. The number of carbonyl (C=O) groups excluding carboxylic acids is 3. The van der Waals surface area contributed by atoms with Crippen LogP contribution in [0.4, 0.5) is 10.5 Å². The van der Waals surface area contributed by atoms with Gasteiger partial charge in [-0.3, -0.25) is 14.5 Å². The SMILES string of the molecule is CC(C)CCN1CC2N(CCC1=O)C(=O)c1sccc1N2C(=O)NCc1ccc2c(c1)OCO2. The van der Waals surface area contributed by atoms with Crippen LogP contribution in [0, 0.1) is 5.92 Å². The molecule has 34 heavy (non-hydrogen) atoms. The molecule has 9 nitrogen and oxygen atoms in total. The maximum atomic E-state index is 13.5. The first-order valence-corrected chi connectivity index (χ1v) is 12.4. The summed E-state index contributed by atoms with van der Waals surface area (Å²) < 4.78 is 10.8. The largest absolute Gasteiger partial charge is 0.454 e. The quantitative estimate of drug-likeness (QED) is 0.704. The molecule has 1 fully saturated rings. The fourth-order valence-electron chi connectivity index (χ4n) is 4.51. The Hall–Kier alpha value is -3.27. The zero-order valence-corrected chi connectivity index (χ0v) is 20.1. The number of benzene rings is 1. The second-order valence-corrected chi connectivity index (χ2v) is 10.0. The topological polar surface area (TPSA) is 91.4 Å². The molecular formula is C24H28N4O5S. The van der Waals surface area contributed by atoms with E-state index in [1.54, 1.807) is 20.8 Å². The third-order valence-electron chi connectivity index (χ3n) is 6.40. The normalized spacial score (nSPS) is 19.3. The molecule has 5 rings (SSSR count). The number of carbonyl (C=O) groups is 3. The van der Waals surface area contributed by atoms with E-state index in [4.69, 9.17) is 9.47 Å². The van der Waals surface area contributed by atoms with Gasteiger partial charge >= 0.3 is 6.03 Å². The number of amides is 4. The maximum absolute atomic E-state index is 13.5. The van der Waals surface area contributed by atoms with E-state index in [1.165, 1.54) is 11.3 Å². The highest BCUT2D eigenvalue weighted by atomic mass is 32.1. The number of nitrogens with zero attached hydrogens (tertiary/aromatic N) is 3. The van der Waals surface area contributed by atoms with E-state index in [0.29, 0.717) is 54.2 Å². The van der Waals surface area contributed by atoms with Crippen molar-refractivity contribution in [2.75, 3.05) is 31.3 Å². The van der Waals surface area contributed by atoms with Crippen LogP contribution >= 0.6 is 11.3 Å². The Morgan fingerprint density at radius 1 is 1.21 bits per heavy atom. The summed E-state index contributed by atoms with van der Waals surface area (Å²) in [7, 11) is 0. The van der Waals surface area contributed by atoms with Crippen LogP contribution in [-0.4, -0.2) is 60.2 Å². The molecule has 1 aromatic heterocycles. The summed E-state index contributed by atoms with van der Waals surface area (Å²) in [5.41, 5.74) is 1.47. The van der Waals surface area contributed by atoms with Crippen molar-refractivity contribution in [1.29, 1.82) is 0 Å². The van der Waals surface area contributed by atoms with Crippen molar-refractivity contribution in [3.05, 3.63) is 40.1 Å². The summed E-state index contributed by atoms with van der Waals surface area (Å²) in [5, 5.41) is 4.82. The van der Waals surface area contributed by atoms with Crippen LogP contribution in [0.15, 0.2) is 29.6 Å². The van der Waals surface area contributed by atoms with Gasteiger partial charge in [0.25, 0.3) is 5.91 Å². The highest BCUT2D eigenvalue weighted by molar-refractivity contribution is 7.12. The third kappa shape index (κ3) is 4.18. The molecule has 0 radical (unpaired) electrons. The molecule has 4 amide bonds. The first kappa shape index (κ1) is 22.5. The zero-order valence-electron chi connectivity index (χ0n) is 19.3. The summed E-state index contributed by atoms with van der Waals surface area (Å²) in [6.45, 7) is 5.92. The number of hydrogen-bond acceptors (Lipinski definition) is 6. The van der Waals surface area contributed by atoms with Gasteiger partial charge in [0.2, 0.25) is 12.7 Å². The number of ether oxygens (including phenoxy) is 2. The van der Waals surface area contributed by atoms with Crippen molar-refractivity contribution >= 4 is 34.9 Å². The first-order valence-electron chi connectivity index (χ1n) is 11.5. The summed E-state index contributed by atoms with van der Waals surface area (Å²) in [5.74, 6) is 1.70. The van der Waals surface area contributed by atoms with Crippen molar-refractivity contribution in [3.63, 3.8) is 0 Å². The van der Waals surface area contributed by atoms with E-state index in [9.17, 15) is 14.4 Å². The van der Waals surface area contributed by atoms with Crippen LogP contribution in [0.1, 0.15) is 41.9 Å². The van der Waals surface area contributed by atoms with Crippen LogP contribution in [0.25, 0.3) is 0 Å². The van der Waals surface area contributed by atoms with Crippen molar-refractivity contribution in [1.82, 2.24) is 15.1 Å². The van der Waals surface area contributed by atoms with Crippen molar-refractivity contribution in [3.8, 4) is 11.5 Å². The standard InChI is InChI=1S/C24H28N4O5S/c1-15(2)5-8-26-13-20-27(9-6-21(26)29)23(30)22-17(7-10-34-22)28(20)24(31)25-12-16-3-4-18-19(11-16)33-14-32-18/h3-4,7,10-11,15,20H,5-6,8-9,12-14H2,1-2H3,(H,25,31). The lowest BCUT2D eigenvalue weighted by Crippen LogP contribution is -2.61. The number of fused-ring (bicyclic) bond motifs is 3. The lowest BCUT2D eigenvalue weighted by Gasteiger charge is -2.43. The molecule has 180 valence electrons. The van der Waals surface area contributed by atoms with Gasteiger partial charge in [-0.1, -0.05) is 19.9 Å². The summed E-state index contributed by atoms with van der Waals surface area (Å²) in [6, 6.07) is 7.06. The Labute approximate surface area is 202 Å². The van der Waals surface area contributed by atoms with Gasteiger partial charge in [0, 0.05) is 26.1 Å². The lowest BCUT2D eigenvalue weighted by molar-refractivity contribution is -0.130. The van der Waals surface area contributed by atoms with Crippen molar-refractivity contribution < 1.29 is 23.9 Å². The number of rotatable bonds is 5. The minimum atomic E-state index is -0.551. The van der Waals surface area contributed by atoms with Crippen LogP contribution in [0.5, 0.6) is 11.5 Å². The highest BCUT2D eigenvalue weighted by Gasteiger charge is 2.44. The minimum Gasteiger partial charge on any atom is -0.454 e. The monoisotopic (exact) mass is 484 g/mol. The van der Waals surface area contributed by atoms with Gasteiger partial charge < -0.3 is 24.6 Å². The predicted molar refractivity (Wildman–Crippen MR) is 127 cm³/mol. The molecule has 1 N–H and O–H groups in total. The minimum absolute atomic E-state index is 0.0203. The number of urea groups is 1. The van der Waals surface area contributed by atoms with Crippen LogP contribution < -0.4 is 19.7 Å². The second kappa shape index (κ2) is 9.17. The van der Waals surface area contributed by atoms with E-state index in [2.05, 4.69) is 19.2 Å².